The highest BCUT2D eigenvalue weighted by Gasteiger charge is 2.27. The summed E-state index contributed by atoms with van der Waals surface area (Å²) in [4.78, 5) is 17.6. The van der Waals surface area contributed by atoms with Crippen molar-refractivity contribution in [3.8, 4) is 0 Å². The maximum Gasteiger partial charge on any atom is 0.288 e. The number of aromatic nitrogens is 2. The molecule has 7 heteroatoms. The summed E-state index contributed by atoms with van der Waals surface area (Å²) in [6.45, 7) is 0. The van der Waals surface area contributed by atoms with Gasteiger partial charge in [0.05, 0.1) is 0 Å². The molecule has 0 saturated carbocycles. The van der Waals surface area contributed by atoms with Gasteiger partial charge in [0.1, 0.15) is 23.3 Å². The molecule has 0 radical (unpaired) electrons. The second-order valence-electron chi connectivity index (χ2n) is 6.66. The molecule has 0 fully saturated rings. The highest BCUT2D eigenvalue weighted by Crippen LogP contribution is 2.30. The smallest absolute Gasteiger partial charge is 0.288 e. The third kappa shape index (κ3) is 3.65. The number of carbonyl (C=O) groups is 1. The van der Waals surface area contributed by atoms with Gasteiger partial charge in [-0.2, -0.15) is 11.8 Å². The largest absolute Gasteiger partial charge is 0.451 e. The van der Waals surface area contributed by atoms with Crippen LogP contribution in [-0.4, -0.2) is 21.7 Å². The van der Waals surface area contributed by atoms with Gasteiger partial charge in [0.25, 0.3) is 5.91 Å². The molecule has 148 valence electrons. The van der Waals surface area contributed by atoms with E-state index in [-0.39, 0.29) is 5.76 Å². The number of para-hydroxylation sites is 1. The van der Waals surface area contributed by atoms with Crippen molar-refractivity contribution in [2.45, 2.75) is 11.8 Å². The van der Waals surface area contributed by atoms with Crippen LogP contribution in [0.4, 0.5) is 4.39 Å². The summed E-state index contributed by atoms with van der Waals surface area (Å²) in [7, 11) is 1.81. The van der Waals surface area contributed by atoms with Crippen LogP contribution < -0.4 is 5.32 Å². The summed E-state index contributed by atoms with van der Waals surface area (Å²) in [5.74, 6) is 0.602. The molecule has 1 atom stereocenters. The summed E-state index contributed by atoms with van der Waals surface area (Å²) in [5.41, 5.74) is 1.83. The first-order valence-corrected chi connectivity index (χ1v) is 10.5. The summed E-state index contributed by atoms with van der Waals surface area (Å²) in [6.07, 6.45) is 5.35. The Morgan fingerprint density at radius 1 is 1.24 bits per heavy atom. The number of imidazole rings is 1. The van der Waals surface area contributed by atoms with Crippen LogP contribution in [-0.2, 0) is 12.8 Å². The number of benzene rings is 2. The Balaban J connectivity index is 1.76. The first kappa shape index (κ1) is 19.3. The van der Waals surface area contributed by atoms with E-state index in [9.17, 15) is 9.18 Å². The fourth-order valence-electron chi connectivity index (χ4n) is 3.41. The van der Waals surface area contributed by atoms with Crippen LogP contribution in [0.25, 0.3) is 11.0 Å². The topological polar surface area (TPSA) is 60.1 Å². The van der Waals surface area contributed by atoms with E-state index in [1.54, 1.807) is 46.9 Å². The van der Waals surface area contributed by atoms with Gasteiger partial charge in [-0.05, 0) is 18.4 Å². The predicted molar refractivity (Wildman–Crippen MR) is 112 cm³/mol. The number of amides is 1. The van der Waals surface area contributed by atoms with Gasteiger partial charge >= 0.3 is 0 Å². The quantitative estimate of drug-likeness (QED) is 0.502. The van der Waals surface area contributed by atoms with Crippen LogP contribution in [0.3, 0.4) is 0 Å². The molecule has 1 N–H and O–H groups in total. The van der Waals surface area contributed by atoms with Crippen LogP contribution in [0, 0.1) is 5.82 Å². The lowest BCUT2D eigenvalue weighted by Crippen LogP contribution is -2.32. The van der Waals surface area contributed by atoms with Crippen molar-refractivity contribution in [1.82, 2.24) is 14.9 Å². The molecule has 29 heavy (non-hydrogen) atoms. The lowest BCUT2D eigenvalue weighted by Gasteiger charge is -2.19. The zero-order valence-electron chi connectivity index (χ0n) is 16.1. The van der Waals surface area contributed by atoms with Gasteiger partial charge in [-0.3, -0.25) is 4.79 Å². The zero-order chi connectivity index (χ0) is 20.4. The number of hydrogen-bond acceptors (Lipinski definition) is 4. The second-order valence-corrected chi connectivity index (χ2v) is 7.53. The van der Waals surface area contributed by atoms with Crippen LogP contribution in [0.2, 0.25) is 0 Å². The zero-order valence-corrected chi connectivity index (χ0v) is 16.9. The van der Waals surface area contributed by atoms with E-state index < -0.39 is 17.8 Å². The molecule has 0 saturated heterocycles. The number of aryl methyl sites for hydroxylation is 1. The summed E-state index contributed by atoms with van der Waals surface area (Å²) >= 11 is 1.61. The summed E-state index contributed by atoms with van der Waals surface area (Å²) < 4.78 is 22.2. The molecule has 5 nitrogen and oxygen atoms in total. The van der Waals surface area contributed by atoms with Gasteiger partial charge in [-0.1, -0.05) is 36.4 Å². The van der Waals surface area contributed by atoms with E-state index in [0.29, 0.717) is 22.7 Å². The minimum Gasteiger partial charge on any atom is -0.451 e. The second kappa shape index (κ2) is 8.13. The molecule has 0 spiro atoms. The first-order chi connectivity index (χ1) is 14.1. The van der Waals surface area contributed by atoms with Gasteiger partial charge in [0, 0.05) is 41.7 Å². The normalized spacial score (nSPS) is 12.2. The summed E-state index contributed by atoms with van der Waals surface area (Å²) in [6, 6.07) is 13.2. The predicted octanol–water partition coefficient (Wildman–Crippen LogP) is 4.69. The van der Waals surface area contributed by atoms with Gasteiger partial charge < -0.3 is 14.3 Å². The minimum absolute atomic E-state index is 0.246. The highest BCUT2D eigenvalue weighted by atomic mass is 32.2. The lowest BCUT2D eigenvalue weighted by molar-refractivity contribution is 0.0914. The fourth-order valence-corrected chi connectivity index (χ4v) is 3.99. The van der Waals surface area contributed by atoms with Crippen LogP contribution >= 0.6 is 11.8 Å². The minimum atomic E-state index is -0.751. The Hall–Kier alpha value is -3.06. The third-order valence-electron chi connectivity index (χ3n) is 4.80. The number of nitrogens with one attached hydrogen (secondary N) is 1. The Bertz CT molecular complexity index is 1170. The Kier molecular flexibility index (Phi) is 5.40. The van der Waals surface area contributed by atoms with Crippen LogP contribution in [0.15, 0.2) is 65.3 Å². The molecule has 2 aromatic heterocycles. The van der Waals surface area contributed by atoms with Crippen molar-refractivity contribution >= 4 is 28.6 Å². The van der Waals surface area contributed by atoms with Crippen molar-refractivity contribution < 1.29 is 13.6 Å². The number of fused-ring (bicyclic) bond motifs is 1. The molecule has 0 bridgehead atoms. The van der Waals surface area contributed by atoms with Gasteiger partial charge in [-0.25, -0.2) is 9.37 Å². The molecule has 2 heterocycles. The number of thioether (sulfide) groups is 1. The van der Waals surface area contributed by atoms with Crippen molar-refractivity contribution in [1.29, 1.82) is 0 Å². The van der Waals surface area contributed by atoms with Crippen molar-refractivity contribution in [3.05, 3.63) is 89.5 Å². The molecule has 4 rings (SSSR count). The number of nitrogens with zero attached hydrogens (tertiary/aromatic N) is 2. The standard InChI is InChI=1S/C22H20FN3O2S/c1-26-12-11-24-21(26)19(15-8-3-5-9-17(15)23)25-22(27)20-16(13-29-2)14-7-4-6-10-18(14)28-20/h3-12,19H,13H2,1-2H3,(H,25,27)/t19-/m0/s1. The Labute approximate surface area is 171 Å². The maximum atomic E-state index is 14.6. The lowest BCUT2D eigenvalue weighted by atomic mass is 10.0. The molecular formula is C22H20FN3O2S. The van der Waals surface area contributed by atoms with Crippen LogP contribution in [0.1, 0.15) is 33.5 Å². The number of carbonyl (C=O) groups excluding carboxylic acids is 1. The highest BCUT2D eigenvalue weighted by molar-refractivity contribution is 7.97. The molecule has 0 aliphatic rings. The van der Waals surface area contributed by atoms with E-state index in [4.69, 9.17) is 4.42 Å². The molecule has 1 amide bonds. The van der Waals surface area contributed by atoms with E-state index in [2.05, 4.69) is 10.3 Å². The van der Waals surface area contributed by atoms with Crippen molar-refractivity contribution in [2.75, 3.05) is 6.26 Å². The van der Waals surface area contributed by atoms with Gasteiger partial charge in [0.2, 0.25) is 0 Å². The van der Waals surface area contributed by atoms with Gasteiger partial charge in [0.15, 0.2) is 5.76 Å². The van der Waals surface area contributed by atoms with Crippen molar-refractivity contribution in [3.63, 3.8) is 0 Å². The Morgan fingerprint density at radius 2 is 2.00 bits per heavy atom. The first-order valence-electron chi connectivity index (χ1n) is 9.12. The monoisotopic (exact) mass is 409 g/mol. The molecule has 0 aliphatic carbocycles. The molecule has 2 aromatic carbocycles. The average molecular weight is 409 g/mol. The summed E-state index contributed by atoms with van der Waals surface area (Å²) in [5, 5.41) is 3.84. The Morgan fingerprint density at radius 3 is 2.72 bits per heavy atom. The van der Waals surface area contributed by atoms with Crippen molar-refractivity contribution in [2.24, 2.45) is 7.05 Å². The molecule has 0 unspecified atom stereocenters. The fraction of sp³-hybridized carbons (Fsp3) is 0.182. The number of hydrogen-bond donors (Lipinski definition) is 1. The average Bonchev–Trinajstić information content (AvgIpc) is 3.31. The van der Waals surface area contributed by atoms with E-state index >= 15 is 0 Å². The van der Waals surface area contributed by atoms with E-state index in [0.717, 1.165) is 10.9 Å². The molecule has 0 aliphatic heterocycles. The SMILES string of the molecule is CSCc1c(C(=O)N[C@@H](c2ccccc2F)c2nccn2C)oc2ccccc12. The van der Waals surface area contributed by atoms with E-state index in [1.165, 1.54) is 6.07 Å². The van der Waals surface area contributed by atoms with E-state index in [1.807, 2.05) is 37.6 Å². The molecular weight excluding hydrogens is 389 g/mol. The molecule has 4 aromatic rings. The number of furan rings is 1. The maximum absolute atomic E-state index is 14.6. The van der Waals surface area contributed by atoms with Gasteiger partial charge in [-0.15, -0.1) is 0 Å². The number of rotatable bonds is 6. The number of halogens is 1. The van der Waals surface area contributed by atoms with Crippen LogP contribution in [0.5, 0.6) is 0 Å². The third-order valence-corrected chi connectivity index (χ3v) is 5.38.